The van der Waals surface area contributed by atoms with Gasteiger partial charge in [-0.05, 0) is 20.8 Å². The molecule has 0 aliphatic rings. The van der Waals surface area contributed by atoms with Crippen molar-refractivity contribution in [2.75, 3.05) is 24.8 Å². The van der Waals surface area contributed by atoms with Crippen LogP contribution in [0.2, 0.25) is 0 Å². The molecule has 0 saturated heterocycles. The number of nitrogen functional groups attached to an aromatic ring is 1. The Hall–Kier alpha value is -1.36. The fourth-order valence-electron chi connectivity index (χ4n) is 1.30. The van der Waals surface area contributed by atoms with Gasteiger partial charge in [0.05, 0.1) is 12.1 Å². The highest BCUT2D eigenvalue weighted by Gasteiger charge is 2.18. The van der Waals surface area contributed by atoms with Crippen molar-refractivity contribution in [3.05, 3.63) is 11.8 Å². The number of ether oxygens (including phenoxy) is 1. The van der Waals surface area contributed by atoms with Gasteiger partial charge < -0.3 is 15.8 Å². The Bertz CT molecular complexity index is 338. The predicted octanol–water partition coefficient (Wildman–Crippen LogP) is 1.20. The van der Waals surface area contributed by atoms with Gasteiger partial charge in [-0.15, -0.1) is 0 Å². The minimum atomic E-state index is -0.180. The monoisotopic (exact) mass is 210 g/mol. The molecule has 0 aliphatic heterocycles. The maximum Gasteiger partial charge on any atom is 0.221 e. The van der Waals surface area contributed by atoms with Crippen LogP contribution in [0.4, 0.5) is 11.8 Å². The first-order chi connectivity index (χ1) is 6.94. The average molecular weight is 210 g/mol. The van der Waals surface area contributed by atoms with Crippen molar-refractivity contribution < 1.29 is 4.74 Å². The Morgan fingerprint density at radius 3 is 2.80 bits per heavy atom. The summed E-state index contributed by atoms with van der Waals surface area (Å²) in [6.45, 7) is 6.60. The lowest BCUT2D eigenvalue weighted by molar-refractivity contribution is 0.158. The third-order valence-electron chi connectivity index (χ3n) is 1.95. The third kappa shape index (κ3) is 3.36. The summed E-state index contributed by atoms with van der Waals surface area (Å²) in [5, 5.41) is 3.27. The highest BCUT2D eigenvalue weighted by molar-refractivity contribution is 5.46. The summed E-state index contributed by atoms with van der Waals surface area (Å²) in [6.07, 6.45) is 1.70. The quantitative estimate of drug-likeness (QED) is 0.781. The van der Waals surface area contributed by atoms with Crippen LogP contribution in [-0.4, -0.2) is 29.2 Å². The highest BCUT2D eigenvalue weighted by Crippen LogP contribution is 2.17. The molecule has 3 N–H and O–H groups in total. The van der Waals surface area contributed by atoms with Crippen LogP contribution >= 0.6 is 0 Å². The molecule has 1 heterocycles. The molecule has 1 aromatic rings. The van der Waals surface area contributed by atoms with Crippen LogP contribution in [0.3, 0.4) is 0 Å². The Kier molecular flexibility index (Phi) is 3.47. The lowest BCUT2D eigenvalue weighted by atomic mass is 10.1. The maximum atomic E-state index is 5.53. The molecule has 0 aromatic carbocycles. The molecular weight excluding hydrogens is 192 g/mol. The van der Waals surface area contributed by atoms with Crippen molar-refractivity contribution >= 4 is 11.8 Å². The van der Waals surface area contributed by atoms with Gasteiger partial charge in [-0.2, -0.15) is 4.98 Å². The predicted molar refractivity (Wildman–Crippen MR) is 60.8 cm³/mol. The van der Waals surface area contributed by atoms with E-state index in [9.17, 15) is 0 Å². The van der Waals surface area contributed by atoms with Crippen molar-refractivity contribution in [2.24, 2.45) is 0 Å². The van der Waals surface area contributed by atoms with E-state index in [-0.39, 0.29) is 11.5 Å². The maximum absolute atomic E-state index is 5.53. The molecule has 0 bridgehead atoms. The van der Waals surface area contributed by atoms with Gasteiger partial charge in [-0.25, -0.2) is 4.98 Å². The fourth-order valence-corrected chi connectivity index (χ4v) is 1.30. The Morgan fingerprint density at radius 1 is 1.53 bits per heavy atom. The van der Waals surface area contributed by atoms with Crippen molar-refractivity contribution in [3.63, 3.8) is 0 Å². The molecule has 0 atom stereocenters. The second-order valence-corrected chi connectivity index (χ2v) is 4.20. The summed E-state index contributed by atoms with van der Waals surface area (Å²) >= 11 is 0. The van der Waals surface area contributed by atoms with E-state index >= 15 is 0 Å². The van der Waals surface area contributed by atoms with E-state index in [2.05, 4.69) is 15.3 Å². The van der Waals surface area contributed by atoms with Crippen LogP contribution in [0.25, 0.3) is 0 Å². The molecule has 1 aromatic heterocycles. The topological polar surface area (TPSA) is 73.1 Å². The first kappa shape index (κ1) is 11.7. The van der Waals surface area contributed by atoms with Gasteiger partial charge in [0.25, 0.3) is 0 Å². The van der Waals surface area contributed by atoms with E-state index < -0.39 is 0 Å². The summed E-state index contributed by atoms with van der Waals surface area (Å²) in [7, 11) is 1.67. The number of hydrogen-bond donors (Lipinski definition) is 2. The molecule has 0 saturated carbocycles. The second-order valence-electron chi connectivity index (χ2n) is 4.20. The van der Waals surface area contributed by atoms with E-state index in [1.54, 1.807) is 13.3 Å². The third-order valence-corrected chi connectivity index (χ3v) is 1.95. The van der Waals surface area contributed by atoms with E-state index in [1.807, 2.05) is 20.8 Å². The standard InChI is InChI=1S/C10H18N4O/c1-7-5-12-9(11)13-8(7)14-10(2,3)6-15-4/h5H,6H2,1-4H3,(H3,11,12,13,14). The number of rotatable bonds is 4. The summed E-state index contributed by atoms with van der Waals surface area (Å²) in [4.78, 5) is 8.05. The Balaban J connectivity index is 2.83. The highest BCUT2D eigenvalue weighted by atomic mass is 16.5. The SMILES string of the molecule is COCC(C)(C)Nc1nc(N)ncc1C. The number of anilines is 2. The number of nitrogens with one attached hydrogen (secondary N) is 1. The molecule has 0 fully saturated rings. The molecule has 0 spiro atoms. The van der Waals surface area contributed by atoms with Crippen molar-refractivity contribution in [1.29, 1.82) is 0 Å². The molecule has 0 radical (unpaired) electrons. The smallest absolute Gasteiger partial charge is 0.221 e. The molecule has 0 aliphatic carbocycles. The molecule has 0 amide bonds. The zero-order valence-corrected chi connectivity index (χ0v) is 9.66. The molecule has 15 heavy (non-hydrogen) atoms. The average Bonchev–Trinajstić information content (AvgIpc) is 2.10. The molecule has 0 unspecified atom stereocenters. The van der Waals surface area contributed by atoms with Crippen LogP contribution < -0.4 is 11.1 Å². The number of aromatic nitrogens is 2. The number of nitrogens with two attached hydrogens (primary N) is 1. The zero-order valence-electron chi connectivity index (χ0n) is 9.66. The van der Waals surface area contributed by atoms with Crippen LogP contribution in [0.15, 0.2) is 6.20 Å². The van der Waals surface area contributed by atoms with Gasteiger partial charge in [0.1, 0.15) is 5.82 Å². The largest absolute Gasteiger partial charge is 0.382 e. The van der Waals surface area contributed by atoms with Crippen LogP contribution in [-0.2, 0) is 4.74 Å². The number of nitrogens with zero attached hydrogens (tertiary/aromatic N) is 2. The van der Waals surface area contributed by atoms with Gasteiger partial charge in [-0.3, -0.25) is 0 Å². The minimum absolute atomic E-state index is 0.180. The second kappa shape index (κ2) is 4.44. The molecule has 5 heteroatoms. The van der Waals surface area contributed by atoms with E-state index in [0.717, 1.165) is 11.4 Å². The van der Waals surface area contributed by atoms with E-state index in [0.29, 0.717) is 6.61 Å². The number of methoxy groups -OCH3 is 1. The van der Waals surface area contributed by atoms with Gasteiger partial charge >= 0.3 is 0 Å². The molecule has 5 nitrogen and oxygen atoms in total. The van der Waals surface area contributed by atoms with Crippen LogP contribution in [0.1, 0.15) is 19.4 Å². The van der Waals surface area contributed by atoms with Crippen molar-refractivity contribution in [2.45, 2.75) is 26.3 Å². The minimum Gasteiger partial charge on any atom is -0.382 e. The lowest BCUT2D eigenvalue weighted by Gasteiger charge is -2.26. The zero-order chi connectivity index (χ0) is 11.5. The molecular formula is C10H18N4O. The summed E-state index contributed by atoms with van der Waals surface area (Å²) in [5.41, 5.74) is 6.31. The normalized spacial score (nSPS) is 11.5. The number of aryl methyl sites for hydroxylation is 1. The Labute approximate surface area is 90.1 Å². The number of hydrogen-bond acceptors (Lipinski definition) is 5. The first-order valence-corrected chi connectivity index (χ1v) is 4.81. The van der Waals surface area contributed by atoms with E-state index in [1.165, 1.54) is 0 Å². The van der Waals surface area contributed by atoms with Crippen LogP contribution in [0, 0.1) is 6.92 Å². The lowest BCUT2D eigenvalue weighted by Crippen LogP contribution is -2.36. The summed E-state index contributed by atoms with van der Waals surface area (Å²) in [6, 6.07) is 0. The van der Waals surface area contributed by atoms with E-state index in [4.69, 9.17) is 10.5 Å². The van der Waals surface area contributed by atoms with Gasteiger partial charge in [-0.1, -0.05) is 0 Å². The summed E-state index contributed by atoms with van der Waals surface area (Å²) < 4.78 is 5.11. The van der Waals surface area contributed by atoms with Gasteiger partial charge in [0, 0.05) is 18.9 Å². The van der Waals surface area contributed by atoms with Crippen LogP contribution in [0.5, 0.6) is 0 Å². The fraction of sp³-hybridized carbons (Fsp3) is 0.600. The van der Waals surface area contributed by atoms with Crippen molar-refractivity contribution in [1.82, 2.24) is 9.97 Å². The first-order valence-electron chi connectivity index (χ1n) is 4.81. The molecule has 1 rings (SSSR count). The molecule has 84 valence electrons. The van der Waals surface area contributed by atoms with Crippen molar-refractivity contribution in [3.8, 4) is 0 Å². The Morgan fingerprint density at radius 2 is 2.20 bits per heavy atom. The summed E-state index contributed by atoms with van der Waals surface area (Å²) in [5.74, 6) is 1.03. The van der Waals surface area contributed by atoms with Gasteiger partial charge in [0.2, 0.25) is 5.95 Å². The van der Waals surface area contributed by atoms with Gasteiger partial charge in [0.15, 0.2) is 0 Å².